The molecule has 0 aliphatic carbocycles. The average Bonchev–Trinajstić information content (AvgIpc) is 2.44. The first-order valence-corrected chi connectivity index (χ1v) is 6.17. The van der Waals surface area contributed by atoms with Crippen LogP contribution < -0.4 is 10.6 Å². The number of nitrogens with one attached hydrogen (secondary N) is 2. The summed E-state index contributed by atoms with van der Waals surface area (Å²) in [6.07, 6.45) is 0. The molecule has 0 bridgehead atoms. The molecule has 104 valence electrons. The van der Waals surface area contributed by atoms with Crippen LogP contribution in [0.25, 0.3) is 0 Å². The van der Waals surface area contributed by atoms with Crippen molar-refractivity contribution in [3.05, 3.63) is 35.6 Å². The van der Waals surface area contributed by atoms with E-state index in [2.05, 4.69) is 10.6 Å². The number of benzene rings is 1. The van der Waals surface area contributed by atoms with Crippen molar-refractivity contribution in [2.24, 2.45) is 0 Å². The molecule has 1 saturated heterocycles. The summed E-state index contributed by atoms with van der Waals surface area (Å²) >= 11 is 0. The summed E-state index contributed by atoms with van der Waals surface area (Å²) < 4.78 is 23.6. The normalized spacial score (nSPS) is 22.4. The number of ether oxygens (including phenoxy) is 2. The van der Waals surface area contributed by atoms with Crippen LogP contribution in [0.1, 0.15) is 11.6 Å². The van der Waals surface area contributed by atoms with Crippen LogP contribution in [0, 0.1) is 5.82 Å². The zero-order valence-corrected chi connectivity index (χ0v) is 10.5. The molecule has 1 aliphatic rings. The minimum atomic E-state index is -0.325. The second-order valence-electron chi connectivity index (χ2n) is 4.23. The van der Waals surface area contributed by atoms with Crippen molar-refractivity contribution in [2.75, 3.05) is 33.1 Å². The fourth-order valence-electron chi connectivity index (χ4n) is 1.84. The van der Waals surface area contributed by atoms with Crippen LogP contribution in [0.3, 0.4) is 0 Å². The van der Waals surface area contributed by atoms with Gasteiger partial charge in [-0.3, -0.25) is 10.1 Å². The van der Waals surface area contributed by atoms with Crippen molar-refractivity contribution >= 4 is 5.91 Å². The standard InChI is InChI=1S/C13H17FN2O3/c14-11-3-1-2-10(6-11)12-7-15-9-19-5-4-18-8-13(17)16-12/h1-3,6,12,15H,4-5,7-9H2,(H,16,17). The van der Waals surface area contributed by atoms with E-state index in [9.17, 15) is 9.18 Å². The van der Waals surface area contributed by atoms with E-state index in [1.807, 2.05) is 0 Å². The molecule has 0 saturated carbocycles. The summed E-state index contributed by atoms with van der Waals surface area (Å²) in [6.45, 7) is 1.63. The van der Waals surface area contributed by atoms with Gasteiger partial charge in [0, 0.05) is 6.54 Å². The zero-order valence-electron chi connectivity index (χ0n) is 10.5. The molecule has 1 atom stereocenters. The molecule has 6 heteroatoms. The maximum Gasteiger partial charge on any atom is 0.246 e. The number of carbonyl (C=O) groups excluding carboxylic acids is 1. The van der Waals surface area contributed by atoms with Crippen LogP contribution in [-0.4, -0.2) is 39.0 Å². The number of hydrogen-bond acceptors (Lipinski definition) is 4. The highest BCUT2D eigenvalue weighted by atomic mass is 19.1. The summed E-state index contributed by atoms with van der Waals surface area (Å²) in [4.78, 5) is 11.7. The second-order valence-corrected chi connectivity index (χ2v) is 4.23. The quantitative estimate of drug-likeness (QED) is 0.782. The molecule has 0 aromatic heterocycles. The van der Waals surface area contributed by atoms with E-state index in [1.54, 1.807) is 12.1 Å². The average molecular weight is 268 g/mol. The Labute approximate surface area is 111 Å². The van der Waals surface area contributed by atoms with Gasteiger partial charge in [-0.2, -0.15) is 0 Å². The summed E-state index contributed by atoms with van der Waals surface area (Å²) in [5.41, 5.74) is 0.708. The minimum Gasteiger partial charge on any atom is -0.369 e. The highest BCUT2D eigenvalue weighted by Crippen LogP contribution is 2.13. The first-order valence-electron chi connectivity index (χ1n) is 6.17. The number of carbonyl (C=O) groups is 1. The van der Waals surface area contributed by atoms with Gasteiger partial charge in [0.05, 0.1) is 26.0 Å². The van der Waals surface area contributed by atoms with Crippen LogP contribution >= 0.6 is 0 Å². The highest BCUT2D eigenvalue weighted by molar-refractivity contribution is 5.77. The SMILES string of the molecule is O=C1COCCOCNCC(c2cccc(F)c2)N1. The van der Waals surface area contributed by atoms with Crippen LogP contribution in [-0.2, 0) is 14.3 Å². The molecule has 2 rings (SSSR count). The van der Waals surface area contributed by atoms with Crippen molar-refractivity contribution in [3.63, 3.8) is 0 Å². The van der Waals surface area contributed by atoms with E-state index in [4.69, 9.17) is 9.47 Å². The van der Waals surface area contributed by atoms with Crippen LogP contribution in [0.5, 0.6) is 0 Å². The van der Waals surface area contributed by atoms with Gasteiger partial charge in [0.2, 0.25) is 5.91 Å². The van der Waals surface area contributed by atoms with Gasteiger partial charge in [-0.25, -0.2) is 4.39 Å². The van der Waals surface area contributed by atoms with Gasteiger partial charge in [0.25, 0.3) is 0 Å². The number of halogens is 1. The molecule has 1 aromatic carbocycles. The predicted octanol–water partition coefficient (Wildman–Crippen LogP) is 0.577. The fourth-order valence-corrected chi connectivity index (χ4v) is 1.84. The van der Waals surface area contributed by atoms with Gasteiger partial charge in [-0.05, 0) is 17.7 Å². The Morgan fingerprint density at radius 2 is 2.11 bits per heavy atom. The molecule has 19 heavy (non-hydrogen) atoms. The maximum atomic E-state index is 13.2. The third-order valence-electron chi connectivity index (χ3n) is 2.74. The number of hydrogen-bond donors (Lipinski definition) is 2. The van der Waals surface area contributed by atoms with Crippen molar-refractivity contribution in [1.29, 1.82) is 0 Å². The van der Waals surface area contributed by atoms with Gasteiger partial charge >= 0.3 is 0 Å². The van der Waals surface area contributed by atoms with E-state index in [0.717, 1.165) is 0 Å². The Bertz CT molecular complexity index is 428. The molecular weight excluding hydrogens is 251 g/mol. The lowest BCUT2D eigenvalue weighted by Gasteiger charge is -2.19. The molecule has 1 aromatic rings. The molecule has 2 N–H and O–H groups in total. The zero-order chi connectivity index (χ0) is 13.5. The molecule has 1 heterocycles. The third-order valence-corrected chi connectivity index (χ3v) is 2.74. The number of rotatable bonds is 1. The Kier molecular flexibility index (Phi) is 5.26. The molecular formula is C13H17FN2O3. The largest absolute Gasteiger partial charge is 0.369 e. The summed E-state index contributed by atoms with van der Waals surface area (Å²) in [5, 5.41) is 5.87. The lowest BCUT2D eigenvalue weighted by Crippen LogP contribution is -2.37. The van der Waals surface area contributed by atoms with Crippen LogP contribution in [0.4, 0.5) is 4.39 Å². The summed E-state index contributed by atoms with van der Waals surface area (Å²) in [5.74, 6) is -0.550. The smallest absolute Gasteiger partial charge is 0.246 e. The van der Waals surface area contributed by atoms with E-state index in [-0.39, 0.29) is 24.4 Å². The van der Waals surface area contributed by atoms with Crippen molar-refractivity contribution in [2.45, 2.75) is 6.04 Å². The van der Waals surface area contributed by atoms with Gasteiger partial charge in [0.1, 0.15) is 12.4 Å². The van der Waals surface area contributed by atoms with Crippen molar-refractivity contribution in [3.8, 4) is 0 Å². The third kappa shape index (κ3) is 4.59. The minimum absolute atomic E-state index is 0.0187. The van der Waals surface area contributed by atoms with Crippen molar-refractivity contribution < 1.29 is 18.7 Å². The molecule has 5 nitrogen and oxygen atoms in total. The predicted molar refractivity (Wildman–Crippen MR) is 66.9 cm³/mol. The fraction of sp³-hybridized carbons (Fsp3) is 0.462. The van der Waals surface area contributed by atoms with Crippen molar-refractivity contribution in [1.82, 2.24) is 10.6 Å². The van der Waals surface area contributed by atoms with E-state index in [1.165, 1.54) is 12.1 Å². The van der Waals surface area contributed by atoms with Gasteiger partial charge < -0.3 is 14.8 Å². The lowest BCUT2D eigenvalue weighted by atomic mass is 10.1. The van der Waals surface area contributed by atoms with Crippen LogP contribution in [0.15, 0.2) is 24.3 Å². The van der Waals surface area contributed by atoms with E-state index >= 15 is 0 Å². The highest BCUT2D eigenvalue weighted by Gasteiger charge is 2.15. The Morgan fingerprint density at radius 3 is 2.95 bits per heavy atom. The molecule has 0 spiro atoms. The molecule has 1 fully saturated rings. The monoisotopic (exact) mass is 268 g/mol. The molecule has 1 amide bonds. The first-order chi connectivity index (χ1) is 9.25. The van der Waals surface area contributed by atoms with E-state index in [0.29, 0.717) is 32.1 Å². The topological polar surface area (TPSA) is 59.6 Å². The Balaban J connectivity index is 2.07. The summed E-state index contributed by atoms with van der Waals surface area (Å²) in [6, 6.07) is 5.87. The Morgan fingerprint density at radius 1 is 1.26 bits per heavy atom. The van der Waals surface area contributed by atoms with Crippen LogP contribution in [0.2, 0.25) is 0 Å². The van der Waals surface area contributed by atoms with Gasteiger partial charge in [0.15, 0.2) is 0 Å². The summed E-state index contributed by atoms with van der Waals surface area (Å²) in [7, 11) is 0. The lowest BCUT2D eigenvalue weighted by molar-refractivity contribution is -0.126. The maximum absolute atomic E-state index is 13.2. The second kappa shape index (κ2) is 7.18. The molecule has 1 aliphatic heterocycles. The molecule has 0 radical (unpaired) electrons. The van der Waals surface area contributed by atoms with Gasteiger partial charge in [-0.15, -0.1) is 0 Å². The first kappa shape index (κ1) is 13.9. The Hall–Kier alpha value is -1.50. The van der Waals surface area contributed by atoms with Gasteiger partial charge in [-0.1, -0.05) is 12.1 Å². The van der Waals surface area contributed by atoms with E-state index < -0.39 is 0 Å². The molecule has 1 unspecified atom stereocenters. The number of amides is 1.